The molecule has 2 heterocycles. The number of nitrogens with one attached hydrogen (secondary N) is 1. The van der Waals surface area contributed by atoms with Crippen molar-refractivity contribution in [2.45, 2.75) is 6.92 Å². The average molecular weight is 316 g/mol. The van der Waals surface area contributed by atoms with Gasteiger partial charge in [0.1, 0.15) is 4.62 Å². The molecule has 1 N–H and O–H groups in total. The van der Waals surface area contributed by atoms with Gasteiger partial charge in [-0.1, -0.05) is 0 Å². The fraction of sp³-hybridized carbons (Fsp3) is 0.100. The van der Waals surface area contributed by atoms with Crippen LogP contribution in [0.5, 0.6) is 0 Å². The Kier molecular flexibility index (Phi) is 2.74. The van der Waals surface area contributed by atoms with Gasteiger partial charge < -0.3 is 4.98 Å². The van der Waals surface area contributed by atoms with Crippen LogP contribution in [-0.4, -0.2) is 9.60 Å². The minimum Gasteiger partial charge on any atom is -0.350 e. The van der Waals surface area contributed by atoms with E-state index in [0.717, 1.165) is 26.2 Å². The van der Waals surface area contributed by atoms with Gasteiger partial charge in [0.25, 0.3) is 0 Å². The molecule has 0 amide bonds. The third kappa shape index (κ3) is 1.91. The van der Waals surface area contributed by atoms with Gasteiger partial charge in [-0.2, -0.15) is 0 Å². The van der Waals surface area contributed by atoms with Crippen LogP contribution in [0.3, 0.4) is 0 Å². The molecule has 14 heavy (non-hydrogen) atoms. The third-order valence-corrected chi connectivity index (χ3v) is 2.95. The first-order valence-electron chi connectivity index (χ1n) is 4.15. The van der Waals surface area contributed by atoms with Gasteiger partial charge >= 0.3 is 0 Å². The Labute approximate surface area is 99.1 Å². The predicted octanol–water partition coefficient (Wildman–Crippen LogP) is 3.87. The highest BCUT2D eigenvalue weighted by atomic mass is 79.9. The van der Waals surface area contributed by atoms with Gasteiger partial charge in [-0.25, -0.2) is 4.99 Å². The first-order chi connectivity index (χ1) is 6.66. The van der Waals surface area contributed by atoms with Gasteiger partial charge in [-0.15, -0.1) is 0 Å². The summed E-state index contributed by atoms with van der Waals surface area (Å²) in [7, 11) is 0. The van der Waals surface area contributed by atoms with Crippen molar-refractivity contribution in [2.24, 2.45) is 4.99 Å². The van der Waals surface area contributed by atoms with Crippen LogP contribution in [0.1, 0.15) is 12.6 Å². The molecule has 1 aromatic rings. The lowest BCUT2D eigenvalue weighted by Crippen LogP contribution is -1.82. The zero-order valence-electron chi connectivity index (χ0n) is 7.51. The third-order valence-electron chi connectivity index (χ3n) is 2.04. The molecule has 0 saturated carbocycles. The van der Waals surface area contributed by atoms with Gasteiger partial charge in [0.2, 0.25) is 0 Å². The van der Waals surface area contributed by atoms with Crippen molar-refractivity contribution in [3.8, 4) is 0 Å². The normalized spacial score (nSPS) is 18.6. The molecule has 2 rings (SSSR count). The van der Waals surface area contributed by atoms with Gasteiger partial charge in [0, 0.05) is 5.69 Å². The molecular formula is C10H8Br2N2. The number of nitrogens with zero attached hydrogens (tertiary/aromatic N) is 1. The largest absolute Gasteiger partial charge is 0.350 e. The highest BCUT2D eigenvalue weighted by Crippen LogP contribution is 2.24. The number of hydrogen-bond donors (Lipinski definition) is 1. The van der Waals surface area contributed by atoms with E-state index in [1.807, 2.05) is 31.2 Å². The summed E-state index contributed by atoms with van der Waals surface area (Å²) in [6, 6.07) is 4.01. The molecule has 1 aromatic heterocycles. The Bertz CT molecular complexity index is 452. The lowest BCUT2D eigenvalue weighted by atomic mass is 10.2. The van der Waals surface area contributed by atoms with E-state index in [4.69, 9.17) is 0 Å². The average Bonchev–Trinajstić information content (AvgIpc) is 2.73. The van der Waals surface area contributed by atoms with Gasteiger partial charge in [-0.05, 0) is 68.6 Å². The van der Waals surface area contributed by atoms with E-state index in [1.165, 1.54) is 0 Å². The molecular weight excluding hydrogens is 308 g/mol. The zero-order valence-corrected chi connectivity index (χ0v) is 10.7. The summed E-state index contributed by atoms with van der Waals surface area (Å²) in [5, 5.41) is 0. The van der Waals surface area contributed by atoms with Crippen LogP contribution >= 0.6 is 31.9 Å². The summed E-state index contributed by atoms with van der Waals surface area (Å²) < 4.78 is 1.86. The molecule has 4 heteroatoms. The van der Waals surface area contributed by atoms with Gasteiger partial charge in [0.05, 0.1) is 10.3 Å². The maximum Gasteiger partial charge on any atom is 0.106 e. The molecule has 1 aliphatic heterocycles. The van der Waals surface area contributed by atoms with Crippen LogP contribution in [0.4, 0.5) is 0 Å². The van der Waals surface area contributed by atoms with E-state index in [-0.39, 0.29) is 0 Å². The quantitative estimate of drug-likeness (QED) is 0.815. The van der Waals surface area contributed by atoms with E-state index < -0.39 is 0 Å². The second-order valence-electron chi connectivity index (χ2n) is 3.00. The Morgan fingerprint density at radius 2 is 2.07 bits per heavy atom. The number of allylic oxidation sites excluding steroid dienone is 3. The van der Waals surface area contributed by atoms with E-state index in [0.29, 0.717) is 0 Å². The number of rotatable bonds is 1. The molecule has 2 nitrogen and oxygen atoms in total. The Hall–Kier alpha value is -0.610. The molecule has 0 bridgehead atoms. The second-order valence-corrected chi connectivity index (χ2v) is 4.66. The molecule has 0 saturated heterocycles. The second kappa shape index (κ2) is 3.87. The highest BCUT2D eigenvalue weighted by molar-refractivity contribution is 9.18. The van der Waals surface area contributed by atoms with Crippen LogP contribution in [0.2, 0.25) is 0 Å². The van der Waals surface area contributed by atoms with Crippen LogP contribution in [0.15, 0.2) is 39.6 Å². The number of hydrogen-bond acceptors (Lipinski definition) is 1. The molecule has 0 aromatic carbocycles. The fourth-order valence-electron chi connectivity index (χ4n) is 1.27. The fourth-order valence-corrected chi connectivity index (χ4v) is 1.94. The van der Waals surface area contributed by atoms with Crippen molar-refractivity contribution in [3.05, 3.63) is 40.3 Å². The lowest BCUT2D eigenvalue weighted by Gasteiger charge is -1.99. The smallest absolute Gasteiger partial charge is 0.106 e. The molecule has 72 valence electrons. The van der Waals surface area contributed by atoms with Crippen LogP contribution < -0.4 is 0 Å². The maximum atomic E-state index is 4.34. The lowest BCUT2D eigenvalue weighted by molar-refractivity contribution is 1.28. The summed E-state index contributed by atoms with van der Waals surface area (Å²) >= 11 is 6.71. The van der Waals surface area contributed by atoms with E-state index in [2.05, 4.69) is 41.8 Å². The minimum absolute atomic E-state index is 0.873. The number of aromatic amines is 1. The summed E-state index contributed by atoms with van der Waals surface area (Å²) in [6.45, 7) is 2.05. The molecule has 0 radical (unpaired) electrons. The summed E-state index contributed by atoms with van der Waals surface area (Å²) in [5.41, 5.74) is 3.22. The number of aliphatic imine (C=N–C) groups is 1. The van der Waals surface area contributed by atoms with Gasteiger partial charge in [0.15, 0.2) is 0 Å². The number of aromatic nitrogens is 1. The summed E-state index contributed by atoms with van der Waals surface area (Å²) in [5.74, 6) is 0. The van der Waals surface area contributed by atoms with Crippen LogP contribution in [0, 0.1) is 0 Å². The predicted molar refractivity (Wildman–Crippen MR) is 66.6 cm³/mol. The zero-order chi connectivity index (χ0) is 10.1. The summed E-state index contributed by atoms with van der Waals surface area (Å²) in [6.07, 6.45) is 3.94. The van der Waals surface area contributed by atoms with E-state index in [9.17, 15) is 0 Å². The molecule has 0 aliphatic carbocycles. The summed E-state index contributed by atoms with van der Waals surface area (Å²) in [4.78, 5) is 7.55. The minimum atomic E-state index is 0.873. The SMILES string of the molecule is C/C(=C1\C=CC(Br)=N1)c1ccc(Br)[nH]1. The number of halogens is 2. The molecule has 0 fully saturated rings. The topological polar surface area (TPSA) is 28.1 Å². The Morgan fingerprint density at radius 1 is 1.29 bits per heavy atom. The highest BCUT2D eigenvalue weighted by Gasteiger charge is 2.07. The van der Waals surface area contributed by atoms with Gasteiger partial charge in [-0.3, -0.25) is 0 Å². The molecule has 0 atom stereocenters. The van der Waals surface area contributed by atoms with Crippen molar-refractivity contribution < 1.29 is 0 Å². The first kappa shape index (κ1) is 9.93. The van der Waals surface area contributed by atoms with Crippen molar-refractivity contribution in [2.75, 3.05) is 0 Å². The Balaban J connectivity index is 2.41. The first-order valence-corrected chi connectivity index (χ1v) is 5.73. The molecule has 0 unspecified atom stereocenters. The van der Waals surface area contributed by atoms with Crippen LogP contribution in [-0.2, 0) is 0 Å². The van der Waals surface area contributed by atoms with E-state index >= 15 is 0 Å². The maximum absolute atomic E-state index is 4.34. The van der Waals surface area contributed by atoms with Crippen LogP contribution in [0.25, 0.3) is 5.57 Å². The van der Waals surface area contributed by atoms with Crippen molar-refractivity contribution in [1.82, 2.24) is 4.98 Å². The van der Waals surface area contributed by atoms with Crippen molar-refractivity contribution in [1.29, 1.82) is 0 Å². The Morgan fingerprint density at radius 3 is 2.57 bits per heavy atom. The van der Waals surface area contributed by atoms with Crippen molar-refractivity contribution in [3.63, 3.8) is 0 Å². The monoisotopic (exact) mass is 314 g/mol. The standard InChI is InChI=1S/C10H8Br2N2/c1-6(7-2-4-9(11)13-7)8-3-5-10(12)14-8/h2-5,13H,1H3/b8-6-. The number of H-pyrrole nitrogens is 1. The molecule has 1 aliphatic rings. The molecule has 0 spiro atoms. The van der Waals surface area contributed by atoms with Crippen molar-refractivity contribution >= 4 is 42.1 Å². The van der Waals surface area contributed by atoms with E-state index in [1.54, 1.807) is 0 Å².